The Morgan fingerprint density at radius 1 is 1.36 bits per heavy atom. The van der Waals surface area contributed by atoms with Crippen LogP contribution in [0.25, 0.3) is 0 Å². The summed E-state index contributed by atoms with van der Waals surface area (Å²) in [5.41, 5.74) is 0. The van der Waals surface area contributed by atoms with Crippen molar-refractivity contribution in [2.75, 3.05) is 20.3 Å². The average molecular weight is 163 g/mol. The van der Waals surface area contributed by atoms with Crippen LogP contribution in [0, 0.1) is 0 Å². The maximum atomic E-state index is 10.8. The van der Waals surface area contributed by atoms with E-state index in [-0.39, 0.29) is 0 Å². The first kappa shape index (κ1) is 10.2. The van der Waals surface area contributed by atoms with Crippen LogP contribution in [0.5, 0.6) is 0 Å². The van der Waals surface area contributed by atoms with Crippen molar-refractivity contribution in [1.82, 2.24) is 5.23 Å². The predicted octanol–water partition coefficient (Wildman–Crippen LogP) is 0.958. The molecule has 0 spiro atoms. The summed E-state index contributed by atoms with van der Waals surface area (Å²) in [7, 11) is 1.33. The fourth-order valence-corrected chi connectivity index (χ4v) is 0.473. The van der Waals surface area contributed by atoms with Crippen LogP contribution in [0.4, 0.5) is 4.79 Å². The highest BCUT2D eigenvalue weighted by molar-refractivity contribution is 5.64. The number of carbonyl (C=O) groups is 1. The van der Waals surface area contributed by atoms with E-state index >= 15 is 0 Å². The second kappa shape index (κ2) is 5.94. The third-order valence-electron chi connectivity index (χ3n) is 0.829. The SMILES string of the molecule is CCOC(=O)N(OC)OCC. The molecular weight excluding hydrogens is 150 g/mol. The highest BCUT2D eigenvalue weighted by Crippen LogP contribution is 1.94. The Balaban J connectivity index is 3.71. The van der Waals surface area contributed by atoms with E-state index in [1.165, 1.54) is 7.11 Å². The Morgan fingerprint density at radius 2 is 2.00 bits per heavy atom. The zero-order valence-corrected chi connectivity index (χ0v) is 6.99. The second-order valence-electron chi connectivity index (χ2n) is 1.56. The van der Waals surface area contributed by atoms with E-state index in [1.807, 2.05) is 0 Å². The minimum Gasteiger partial charge on any atom is -0.447 e. The highest BCUT2D eigenvalue weighted by atomic mass is 17.0. The lowest BCUT2D eigenvalue weighted by atomic mass is 10.9. The average Bonchev–Trinajstić information content (AvgIpc) is 2.00. The first-order valence-electron chi connectivity index (χ1n) is 3.40. The van der Waals surface area contributed by atoms with Gasteiger partial charge in [0.2, 0.25) is 0 Å². The lowest BCUT2D eigenvalue weighted by Crippen LogP contribution is -2.30. The van der Waals surface area contributed by atoms with Gasteiger partial charge in [0.15, 0.2) is 0 Å². The molecule has 0 aromatic heterocycles. The number of ether oxygens (including phenoxy) is 1. The molecule has 0 aliphatic carbocycles. The Kier molecular flexibility index (Phi) is 5.50. The summed E-state index contributed by atoms with van der Waals surface area (Å²) in [4.78, 5) is 20.1. The van der Waals surface area contributed by atoms with Crippen molar-refractivity contribution < 1.29 is 19.2 Å². The smallest absolute Gasteiger partial charge is 0.447 e. The molecule has 1 amide bonds. The van der Waals surface area contributed by atoms with Crippen molar-refractivity contribution in [3.63, 3.8) is 0 Å². The Hall–Kier alpha value is -0.810. The quantitative estimate of drug-likeness (QED) is 0.579. The normalized spacial score (nSPS) is 9.36. The van der Waals surface area contributed by atoms with Crippen molar-refractivity contribution in [1.29, 1.82) is 0 Å². The molecule has 0 bridgehead atoms. The van der Waals surface area contributed by atoms with Gasteiger partial charge in [0.05, 0.1) is 20.3 Å². The van der Waals surface area contributed by atoms with E-state index in [1.54, 1.807) is 13.8 Å². The van der Waals surface area contributed by atoms with Crippen molar-refractivity contribution in [2.24, 2.45) is 0 Å². The molecule has 5 heteroatoms. The fourth-order valence-electron chi connectivity index (χ4n) is 0.473. The van der Waals surface area contributed by atoms with Gasteiger partial charge in [-0.15, -0.1) is 0 Å². The molecule has 0 rings (SSSR count). The van der Waals surface area contributed by atoms with Crippen molar-refractivity contribution >= 4 is 6.09 Å². The molecule has 66 valence electrons. The lowest BCUT2D eigenvalue weighted by molar-refractivity contribution is -0.321. The second-order valence-corrected chi connectivity index (χ2v) is 1.56. The number of amides is 1. The number of hydroxylamine groups is 2. The summed E-state index contributed by atoms with van der Waals surface area (Å²) < 4.78 is 4.58. The van der Waals surface area contributed by atoms with E-state index in [0.29, 0.717) is 18.4 Å². The van der Waals surface area contributed by atoms with Crippen LogP contribution in [-0.2, 0) is 14.4 Å². The molecule has 5 nitrogen and oxygen atoms in total. The molecule has 0 unspecified atom stereocenters. The summed E-state index contributed by atoms with van der Waals surface area (Å²) in [5, 5.41) is 0.698. The molecule has 0 aromatic carbocycles. The Labute approximate surface area is 65.7 Å². The predicted molar refractivity (Wildman–Crippen MR) is 37.5 cm³/mol. The van der Waals surface area contributed by atoms with Crippen molar-refractivity contribution in [3.8, 4) is 0 Å². The van der Waals surface area contributed by atoms with Crippen LogP contribution < -0.4 is 0 Å². The molecule has 0 radical (unpaired) electrons. The monoisotopic (exact) mass is 163 g/mol. The van der Waals surface area contributed by atoms with Gasteiger partial charge in [-0.1, -0.05) is 0 Å². The summed E-state index contributed by atoms with van der Waals surface area (Å²) in [6.07, 6.45) is -0.642. The zero-order valence-electron chi connectivity index (χ0n) is 6.99. The topological polar surface area (TPSA) is 48.0 Å². The van der Waals surface area contributed by atoms with Gasteiger partial charge in [-0.05, 0) is 19.1 Å². The number of nitrogens with zero attached hydrogens (tertiary/aromatic N) is 1. The zero-order chi connectivity index (χ0) is 8.69. The molecule has 0 aliphatic heterocycles. The molecule has 0 heterocycles. The first-order valence-corrected chi connectivity index (χ1v) is 3.40. The molecule has 0 fully saturated rings. The molecule has 0 saturated carbocycles. The Morgan fingerprint density at radius 3 is 2.36 bits per heavy atom. The van der Waals surface area contributed by atoms with Crippen molar-refractivity contribution in [3.05, 3.63) is 0 Å². The van der Waals surface area contributed by atoms with Gasteiger partial charge in [-0.3, -0.25) is 0 Å². The summed E-state index contributed by atoms with van der Waals surface area (Å²) in [5.74, 6) is 0. The van der Waals surface area contributed by atoms with Gasteiger partial charge in [-0.25, -0.2) is 14.5 Å². The molecule has 0 aliphatic rings. The fraction of sp³-hybridized carbons (Fsp3) is 0.833. The number of rotatable bonds is 4. The van der Waals surface area contributed by atoms with Crippen LogP contribution in [0.3, 0.4) is 0 Å². The van der Waals surface area contributed by atoms with Crippen LogP contribution in [0.1, 0.15) is 13.8 Å². The van der Waals surface area contributed by atoms with E-state index < -0.39 is 6.09 Å². The van der Waals surface area contributed by atoms with Crippen LogP contribution in [0.15, 0.2) is 0 Å². The molecule has 0 saturated heterocycles. The van der Waals surface area contributed by atoms with Gasteiger partial charge in [-0.2, -0.15) is 0 Å². The molecule has 0 aromatic rings. The van der Waals surface area contributed by atoms with Crippen LogP contribution >= 0.6 is 0 Å². The minimum absolute atomic E-state index is 0.297. The van der Waals surface area contributed by atoms with E-state index in [4.69, 9.17) is 4.84 Å². The largest absolute Gasteiger partial charge is 0.459 e. The molecule has 11 heavy (non-hydrogen) atoms. The summed E-state index contributed by atoms with van der Waals surface area (Å²) in [6.45, 7) is 4.10. The lowest BCUT2D eigenvalue weighted by Gasteiger charge is -2.15. The van der Waals surface area contributed by atoms with Crippen LogP contribution in [-0.4, -0.2) is 31.6 Å². The molecule has 0 N–H and O–H groups in total. The van der Waals surface area contributed by atoms with Crippen LogP contribution in [0.2, 0.25) is 0 Å². The van der Waals surface area contributed by atoms with Gasteiger partial charge in [0, 0.05) is 0 Å². The minimum atomic E-state index is -0.642. The third kappa shape index (κ3) is 3.79. The van der Waals surface area contributed by atoms with E-state index in [9.17, 15) is 4.79 Å². The number of carbonyl (C=O) groups excluding carboxylic acids is 1. The van der Waals surface area contributed by atoms with Gasteiger partial charge in [0.1, 0.15) is 0 Å². The summed E-state index contributed by atoms with van der Waals surface area (Å²) >= 11 is 0. The van der Waals surface area contributed by atoms with Crippen molar-refractivity contribution in [2.45, 2.75) is 13.8 Å². The maximum Gasteiger partial charge on any atom is 0.459 e. The standard InChI is InChI=1S/C6H13NO4/c1-4-10-6(8)7(9-3)11-5-2/h4-5H2,1-3H3. The number of hydrogen-bond acceptors (Lipinski definition) is 4. The molecular formula is C6H13NO4. The van der Waals surface area contributed by atoms with E-state index in [2.05, 4.69) is 9.57 Å². The Bertz CT molecular complexity index is 117. The molecule has 0 atom stereocenters. The third-order valence-corrected chi connectivity index (χ3v) is 0.829. The van der Waals surface area contributed by atoms with Gasteiger partial charge >= 0.3 is 6.09 Å². The van der Waals surface area contributed by atoms with Gasteiger partial charge in [0.25, 0.3) is 0 Å². The van der Waals surface area contributed by atoms with Gasteiger partial charge < -0.3 is 4.74 Å². The maximum absolute atomic E-state index is 10.8. The highest BCUT2D eigenvalue weighted by Gasteiger charge is 2.13. The van der Waals surface area contributed by atoms with E-state index in [0.717, 1.165) is 0 Å². The number of hydrogen-bond donors (Lipinski definition) is 0. The first-order chi connectivity index (χ1) is 5.26. The summed E-state index contributed by atoms with van der Waals surface area (Å²) in [6, 6.07) is 0.